The van der Waals surface area contributed by atoms with Gasteiger partial charge < -0.3 is 20.1 Å². The maximum atomic E-state index is 11.3. The molecular formula is C13H19ClN2O3. The summed E-state index contributed by atoms with van der Waals surface area (Å²) in [5.74, 6) is 1.79. The number of amides is 2. The number of carbonyl (C=O) groups excluding carboxylic acids is 1. The number of urea groups is 1. The van der Waals surface area contributed by atoms with Gasteiger partial charge in [-0.25, -0.2) is 4.79 Å². The third-order valence-electron chi connectivity index (χ3n) is 2.21. The maximum absolute atomic E-state index is 11.3. The highest BCUT2D eigenvalue weighted by molar-refractivity contribution is 6.17. The molecule has 0 aliphatic carbocycles. The topological polar surface area (TPSA) is 59.6 Å². The number of halogens is 1. The van der Waals surface area contributed by atoms with Crippen molar-refractivity contribution in [3.8, 4) is 11.5 Å². The molecule has 0 atom stereocenters. The number of nitrogens with one attached hydrogen (secondary N) is 2. The summed E-state index contributed by atoms with van der Waals surface area (Å²) < 4.78 is 10.8. The van der Waals surface area contributed by atoms with Gasteiger partial charge in [-0.2, -0.15) is 0 Å². The van der Waals surface area contributed by atoms with Crippen LogP contribution in [-0.4, -0.2) is 31.8 Å². The van der Waals surface area contributed by atoms with Gasteiger partial charge in [-0.3, -0.25) is 0 Å². The number of ether oxygens (including phenoxy) is 2. The van der Waals surface area contributed by atoms with Gasteiger partial charge in [-0.05, 0) is 25.5 Å². The average Bonchev–Trinajstić information content (AvgIpc) is 2.41. The Labute approximate surface area is 118 Å². The molecule has 1 aromatic carbocycles. The molecule has 0 radical (unpaired) electrons. The molecule has 106 valence electrons. The minimum atomic E-state index is -0.279. The third kappa shape index (κ3) is 6.20. The Morgan fingerprint density at radius 1 is 1.21 bits per heavy atom. The van der Waals surface area contributed by atoms with Crippen molar-refractivity contribution in [1.82, 2.24) is 10.6 Å². The highest BCUT2D eigenvalue weighted by Crippen LogP contribution is 2.25. The van der Waals surface area contributed by atoms with Gasteiger partial charge >= 0.3 is 6.03 Å². The smallest absolute Gasteiger partial charge is 0.317 e. The van der Waals surface area contributed by atoms with Crippen LogP contribution in [0.15, 0.2) is 24.3 Å². The van der Waals surface area contributed by atoms with Crippen molar-refractivity contribution in [3.63, 3.8) is 0 Å². The molecule has 0 aromatic heterocycles. The number of rotatable bonds is 8. The number of para-hydroxylation sites is 2. The first-order valence-corrected chi connectivity index (χ1v) is 6.73. The zero-order chi connectivity index (χ0) is 13.9. The second-order valence-electron chi connectivity index (χ2n) is 3.64. The quantitative estimate of drug-likeness (QED) is 0.438. The van der Waals surface area contributed by atoms with E-state index in [-0.39, 0.29) is 12.8 Å². The van der Waals surface area contributed by atoms with Gasteiger partial charge in [0, 0.05) is 12.4 Å². The Bertz CT molecular complexity index is 388. The van der Waals surface area contributed by atoms with E-state index in [1.165, 1.54) is 0 Å². The fraction of sp³-hybridized carbons (Fsp3) is 0.462. The number of carbonyl (C=O) groups is 1. The molecular weight excluding hydrogens is 268 g/mol. The third-order valence-corrected chi connectivity index (χ3v) is 2.47. The van der Waals surface area contributed by atoms with E-state index in [0.717, 1.165) is 6.42 Å². The predicted octanol–water partition coefficient (Wildman–Crippen LogP) is 2.35. The highest BCUT2D eigenvalue weighted by Gasteiger charge is 2.04. The molecule has 2 N–H and O–H groups in total. The zero-order valence-electron chi connectivity index (χ0n) is 10.9. The first kappa shape index (κ1) is 15.4. The van der Waals surface area contributed by atoms with Crippen molar-refractivity contribution < 1.29 is 14.3 Å². The van der Waals surface area contributed by atoms with E-state index in [1.807, 2.05) is 25.1 Å². The van der Waals surface area contributed by atoms with Gasteiger partial charge in [0.2, 0.25) is 0 Å². The van der Waals surface area contributed by atoms with Crippen molar-refractivity contribution >= 4 is 17.6 Å². The molecule has 0 bridgehead atoms. The van der Waals surface area contributed by atoms with E-state index >= 15 is 0 Å². The summed E-state index contributed by atoms with van der Waals surface area (Å²) in [7, 11) is 0. The Morgan fingerprint density at radius 3 is 2.53 bits per heavy atom. The van der Waals surface area contributed by atoms with E-state index in [4.69, 9.17) is 21.1 Å². The molecule has 5 nitrogen and oxygen atoms in total. The maximum Gasteiger partial charge on any atom is 0.317 e. The van der Waals surface area contributed by atoms with Crippen molar-refractivity contribution in [2.24, 2.45) is 0 Å². The molecule has 0 saturated carbocycles. The molecule has 0 aliphatic heterocycles. The van der Waals surface area contributed by atoms with E-state index in [9.17, 15) is 4.79 Å². The van der Waals surface area contributed by atoms with Gasteiger partial charge in [0.15, 0.2) is 18.2 Å². The summed E-state index contributed by atoms with van der Waals surface area (Å²) in [6, 6.07) is 7.04. The molecule has 0 saturated heterocycles. The summed E-state index contributed by atoms with van der Waals surface area (Å²) in [5, 5.41) is 5.25. The molecule has 0 heterocycles. The second-order valence-corrected chi connectivity index (χ2v) is 4.02. The molecule has 1 aromatic rings. The Hall–Kier alpha value is -1.62. The van der Waals surface area contributed by atoms with Gasteiger partial charge in [0.05, 0.1) is 6.61 Å². The van der Waals surface area contributed by atoms with Gasteiger partial charge in [0.25, 0.3) is 0 Å². The molecule has 0 spiro atoms. The number of alkyl halides is 1. The van der Waals surface area contributed by atoms with Gasteiger partial charge in [-0.15, -0.1) is 11.6 Å². The average molecular weight is 287 g/mol. The number of hydrogen-bond acceptors (Lipinski definition) is 3. The molecule has 0 unspecified atom stereocenters. The summed E-state index contributed by atoms with van der Waals surface area (Å²) in [5.41, 5.74) is 0. The standard InChI is InChI=1S/C13H19ClN2O3/c1-2-18-11-6-3-4-7-12(11)19-10-16-13(17)15-9-5-8-14/h3-4,6-7H,2,5,8-10H2,1H3,(H2,15,16,17). The highest BCUT2D eigenvalue weighted by atomic mass is 35.5. The van der Waals surface area contributed by atoms with E-state index in [2.05, 4.69) is 10.6 Å². The van der Waals surface area contributed by atoms with Crippen LogP contribution in [0.2, 0.25) is 0 Å². The van der Waals surface area contributed by atoms with Crippen molar-refractivity contribution in [2.45, 2.75) is 13.3 Å². The van der Waals surface area contributed by atoms with Crippen LogP contribution in [0.1, 0.15) is 13.3 Å². The first-order chi connectivity index (χ1) is 9.27. The van der Waals surface area contributed by atoms with Crippen molar-refractivity contribution in [1.29, 1.82) is 0 Å². The Balaban J connectivity index is 2.30. The van der Waals surface area contributed by atoms with Crippen LogP contribution in [0.3, 0.4) is 0 Å². The van der Waals surface area contributed by atoms with Gasteiger partial charge in [-0.1, -0.05) is 12.1 Å². The van der Waals surface area contributed by atoms with Crippen LogP contribution in [0.25, 0.3) is 0 Å². The summed E-state index contributed by atoms with van der Waals surface area (Å²) in [4.78, 5) is 11.3. The van der Waals surface area contributed by atoms with E-state index in [1.54, 1.807) is 6.07 Å². The SMILES string of the molecule is CCOc1ccccc1OCNC(=O)NCCCCl. The fourth-order valence-electron chi connectivity index (χ4n) is 1.35. The molecule has 2 amide bonds. The minimum Gasteiger partial charge on any atom is -0.490 e. The Morgan fingerprint density at radius 2 is 1.89 bits per heavy atom. The Kier molecular flexibility index (Phi) is 7.58. The molecule has 1 rings (SSSR count). The summed E-state index contributed by atoms with van der Waals surface area (Å²) >= 11 is 5.51. The molecule has 6 heteroatoms. The molecule has 0 aliphatic rings. The van der Waals surface area contributed by atoms with Crippen molar-refractivity contribution in [2.75, 3.05) is 25.8 Å². The summed E-state index contributed by atoms with van der Waals surface area (Å²) in [6.07, 6.45) is 0.739. The normalized spacial score (nSPS) is 9.79. The monoisotopic (exact) mass is 286 g/mol. The lowest BCUT2D eigenvalue weighted by Crippen LogP contribution is -2.38. The zero-order valence-corrected chi connectivity index (χ0v) is 11.7. The summed E-state index contributed by atoms with van der Waals surface area (Å²) in [6.45, 7) is 3.09. The largest absolute Gasteiger partial charge is 0.490 e. The molecule has 19 heavy (non-hydrogen) atoms. The van der Waals surface area contributed by atoms with E-state index < -0.39 is 0 Å². The van der Waals surface area contributed by atoms with E-state index in [0.29, 0.717) is 30.5 Å². The van der Waals surface area contributed by atoms with Crippen LogP contribution >= 0.6 is 11.6 Å². The second kappa shape index (κ2) is 9.33. The lowest BCUT2D eigenvalue weighted by atomic mass is 10.3. The minimum absolute atomic E-state index is 0.0802. The van der Waals surface area contributed by atoms with Crippen LogP contribution in [-0.2, 0) is 0 Å². The lowest BCUT2D eigenvalue weighted by molar-refractivity contribution is 0.220. The first-order valence-electron chi connectivity index (χ1n) is 6.20. The van der Waals surface area contributed by atoms with Crippen LogP contribution in [0.5, 0.6) is 11.5 Å². The predicted molar refractivity (Wildman–Crippen MR) is 75.0 cm³/mol. The number of hydrogen-bond donors (Lipinski definition) is 2. The number of benzene rings is 1. The fourth-order valence-corrected chi connectivity index (χ4v) is 1.49. The van der Waals surface area contributed by atoms with Crippen LogP contribution < -0.4 is 20.1 Å². The molecule has 0 fully saturated rings. The lowest BCUT2D eigenvalue weighted by Gasteiger charge is -2.12. The van der Waals surface area contributed by atoms with Crippen molar-refractivity contribution in [3.05, 3.63) is 24.3 Å². The van der Waals surface area contributed by atoms with Crippen LogP contribution in [0.4, 0.5) is 4.79 Å². The van der Waals surface area contributed by atoms with Gasteiger partial charge in [0.1, 0.15) is 0 Å². The van der Waals surface area contributed by atoms with Crippen LogP contribution in [0, 0.1) is 0 Å².